The van der Waals surface area contributed by atoms with Gasteiger partial charge in [-0.1, -0.05) is 42.5 Å². The summed E-state index contributed by atoms with van der Waals surface area (Å²) in [6, 6.07) is 15.0. The Morgan fingerprint density at radius 2 is 1.44 bits per heavy atom. The summed E-state index contributed by atoms with van der Waals surface area (Å²) in [5, 5.41) is -0.880. The van der Waals surface area contributed by atoms with Crippen molar-refractivity contribution in [2.75, 3.05) is 0 Å². The second-order valence-corrected chi connectivity index (χ2v) is 9.31. The lowest BCUT2D eigenvalue weighted by molar-refractivity contribution is 0.340. The van der Waals surface area contributed by atoms with Crippen LogP contribution in [0.4, 0.5) is 0 Å². The molecule has 25 heavy (non-hydrogen) atoms. The molecule has 0 aliphatic heterocycles. The summed E-state index contributed by atoms with van der Waals surface area (Å²) in [5.74, 6) is 0. The second-order valence-electron chi connectivity index (χ2n) is 5.52. The Labute approximate surface area is 143 Å². The summed E-state index contributed by atoms with van der Waals surface area (Å²) in [4.78, 5) is 42.6. The lowest BCUT2D eigenvalue weighted by Gasteiger charge is -2.23. The molecule has 3 aromatic rings. The van der Waals surface area contributed by atoms with Crippen molar-refractivity contribution in [3.8, 4) is 11.3 Å². The summed E-state index contributed by atoms with van der Waals surface area (Å²) < 4.78 is 23.8. The van der Waals surface area contributed by atoms with Crippen molar-refractivity contribution in [1.82, 2.24) is 4.98 Å². The Balaban J connectivity index is 2.43. The van der Waals surface area contributed by atoms with Crippen LogP contribution < -0.4 is 0 Å². The van der Waals surface area contributed by atoms with Crippen LogP contribution in [0, 0.1) is 0 Å². The SMILES string of the molecule is O=P(O)(O)C(c1ccc2ccccc2c1-c1ccccn1)P(=O)(O)O. The molecule has 9 heteroatoms. The highest BCUT2D eigenvalue weighted by molar-refractivity contribution is 7.70. The third kappa shape index (κ3) is 3.58. The van der Waals surface area contributed by atoms with E-state index in [1.807, 2.05) is 0 Å². The van der Waals surface area contributed by atoms with Crippen LogP contribution >= 0.6 is 15.2 Å². The summed E-state index contributed by atoms with van der Waals surface area (Å²) in [6.07, 6.45) is 1.50. The summed E-state index contributed by atoms with van der Waals surface area (Å²) in [6.45, 7) is 0. The zero-order valence-electron chi connectivity index (χ0n) is 12.8. The molecule has 0 fully saturated rings. The maximum Gasteiger partial charge on any atom is 0.345 e. The molecular weight excluding hydrogens is 364 g/mol. The molecule has 0 radical (unpaired) electrons. The molecular formula is C16H15NO6P2. The highest BCUT2D eigenvalue weighted by atomic mass is 31.2. The Morgan fingerprint density at radius 3 is 2.04 bits per heavy atom. The molecule has 0 aliphatic rings. The molecule has 0 unspecified atom stereocenters. The fourth-order valence-electron chi connectivity index (χ4n) is 2.86. The van der Waals surface area contributed by atoms with Gasteiger partial charge in [-0.15, -0.1) is 0 Å². The van der Waals surface area contributed by atoms with Crippen molar-refractivity contribution in [2.45, 2.75) is 5.40 Å². The van der Waals surface area contributed by atoms with Gasteiger partial charge in [-0.2, -0.15) is 0 Å². The van der Waals surface area contributed by atoms with Crippen LogP contribution in [-0.4, -0.2) is 24.6 Å². The van der Waals surface area contributed by atoms with E-state index in [1.54, 1.807) is 48.5 Å². The predicted molar refractivity (Wildman–Crippen MR) is 94.0 cm³/mol. The molecule has 0 spiro atoms. The molecule has 2 aromatic carbocycles. The van der Waals surface area contributed by atoms with E-state index < -0.39 is 20.6 Å². The minimum atomic E-state index is -5.14. The van der Waals surface area contributed by atoms with E-state index in [4.69, 9.17) is 0 Å². The fourth-order valence-corrected chi connectivity index (χ4v) is 5.58. The van der Waals surface area contributed by atoms with Gasteiger partial charge in [-0.3, -0.25) is 14.1 Å². The van der Waals surface area contributed by atoms with Crippen molar-refractivity contribution in [3.63, 3.8) is 0 Å². The van der Waals surface area contributed by atoms with Gasteiger partial charge in [-0.25, -0.2) is 0 Å². The lowest BCUT2D eigenvalue weighted by atomic mass is 9.97. The Hall–Kier alpha value is -1.85. The van der Waals surface area contributed by atoms with E-state index >= 15 is 0 Å². The minimum absolute atomic E-state index is 0.126. The van der Waals surface area contributed by atoms with Crippen LogP contribution in [0.2, 0.25) is 0 Å². The molecule has 0 saturated heterocycles. The van der Waals surface area contributed by atoms with Crippen LogP contribution in [0.1, 0.15) is 11.0 Å². The molecule has 1 aromatic heterocycles. The average Bonchev–Trinajstić information content (AvgIpc) is 2.53. The summed E-state index contributed by atoms with van der Waals surface area (Å²) in [5.41, 5.74) is 0.551. The normalized spacial score (nSPS) is 12.7. The first-order valence-corrected chi connectivity index (χ1v) is 10.6. The van der Waals surface area contributed by atoms with E-state index in [0.717, 1.165) is 5.39 Å². The molecule has 7 nitrogen and oxygen atoms in total. The van der Waals surface area contributed by atoms with Crippen LogP contribution in [-0.2, 0) is 9.13 Å². The highest BCUT2D eigenvalue weighted by Crippen LogP contribution is 2.71. The van der Waals surface area contributed by atoms with E-state index in [1.165, 1.54) is 12.3 Å². The maximum atomic E-state index is 11.9. The number of nitrogens with zero attached hydrogens (tertiary/aromatic N) is 1. The molecule has 0 amide bonds. The number of hydrogen-bond donors (Lipinski definition) is 4. The summed E-state index contributed by atoms with van der Waals surface area (Å²) >= 11 is 0. The van der Waals surface area contributed by atoms with Crippen molar-refractivity contribution in [3.05, 3.63) is 66.4 Å². The third-order valence-corrected chi connectivity index (χ3v) is 7.43. The van der Waals surface area contributed by atoms with E-state index in [2.05, 4.69) is 4.98 Å². The van der Waals surface area contributed by atoms with Gasteiger partial charge in [0.15, 0.2) is 5.40 Å². The number of hydrogen-bond acceptors (Lipinski definition) is 3. The van der Waals surface area contributed by atoms with Gasteiger partial charge in [0.2, 0.25) is 0 Å². The number of rotatable bonds is 4. The van der Waals surface area contributed by atoms with Gasteiger partial charge in [0.05, 0.1) is 5.69 Å². The van der Waals surface area contributed by atoms with Crippen LogP contribution in [0.5, 0.6) is 0 Å². The van der Waals surface area contributed by atoms with Gasteiger partial charge in [0.1, 0.15) is 0 Å². The average molecular weight is 379 g/mol. The molecule has 4 N–H and O–H groups in total. The Kier molecular flexibility index (Phi) is 4.64. The Bertz CT molecular complexity index is 990. The molecule has 0 atom stereocenters. The molecule has 0 aliphatic carbocycles. The van der Waals surface area contributed by atoms with E-state index in [-0.39, 0.29) is 5.56 Å². The quantitative estimate of drug-likeness (QED) is 0.512. The largest absolute Gasteiger partial charge is 0.345 e. The molecule has 0 saturated carbocycles. The monoisotopic (exact) mass is 379 g/mol. The van der Waals surface area contributed by atoms with Crippen LogP contribution in [0.15, 0.2) is 60.8 Å². The topological polar surface area (TPSA) is 128 Å². The number of benzene rings is 2. The smallest absolute Gasteiger partial charge is 0.324 e. The van der Waals surface area contributed by atoms with Crippen molar-refractivity contribution in [1.29, 1.82) is 0 Å². The van der Waals surface area contributed by atoms with E-state index in [0.29, 0.717) is 16.6 Å². The molecule has 0 bridgehead atoms. The molecule has 3 rings (SSSR count). The number of pyridine rings is 1. The van der Waals surface area contributed by atoms with Crippen molar-refractivity contribution >= 4 is 26.0 Å². The summed E-state index contributed by atoms with van der Waals surface area (Å²) in [7, 11) is -10.3. The first-order chi connectivity index (χ1) is 11.7. The standard InChI is InChI=1S/C16H15NO6P2/c18-24(19,20)16(25(21,22)23)13-9-8-11-5-1-2-6-12(11)15(13)14-7-3-4-10-17-14/h1-10,16H,(H2,18,19,20)(H2,21,22,23). The van der Waals surface area contributed by atoms with Crippen LogP contribution in [0.3, 0.4) is 0 Å². The zero-order chi connectivity index (χ0) is 18.2. The van der Waals surface area contributed by atoms with E-state index in [9.17, 15) is 28.7 Å². The lowest BCUT2D eigenvalue weighted by Crippen LogP contribution is -2.04. The fraction of sp³-hybridized carbons (Fsp3) is 0.0625. The van der Waals surface area contributed by atoms with Gasteiger partial charge in [0.25, 0.3) is 0 Å². The molecule has 1 heterocycles. The molecule has 130 valence electrons. The number of fused-ring (bicyclic) bond motifs is 1. The first kappa shape index (κ1) is 18.0. The van der Waals surface area contributed by atoms with Crippen molar-refractivity contribution < 1.29 is 28.7 Å². The van der Waals surface area contributed by atoms with Gasteiger partial charge < -0.3 is 19.6 Å². The van der Waals surface area contributed by atoms with Gasteiger partial charge >= 0.3 is 15.2 Å². The minimum Gasteiger partial charge on any atom is -0.324 e. The van der Waals surface area contributed by atoms with Gasteiger partial charge in [0, 0.05) is 11.8 Å². The maximum absolute atomic E-state index is 11.9. The highest BCUT2D eigenvalue weighted by Gasteiger charge is 2.46. The first-order valence-electron chi connectivity index (χ1n) is 7.23. The van der Waals surface area contributed by atoms with Gasteiger partial charge in [-0.05, 0) is 28.5 Å². The second kappa shape index (κ2) is 6.46. The number of aromatic nitrogens is 1. The third-order valence-electron chi connectivity index (χ3n) is 3.80. The Morgan fingerprint density at radius 1 is 0.800 bits per heavy atom. The van der Waals surface area contributed by atoms with Crippen molar-refractivity contribution in [2.24, 2.45) is 0 Å². The predicted octanol–water partition coefficient (Wildman–Crippen LogP) is 3.26. The van der Waals surface area contributed by atoms with Crippen LogP contribution in [0.25, 0.3) is 22.0 Å². The zero-order valence-corrected chi connectivity index (χ0v) is 14.6.